The topological polar surface area (TPSA) is 65.2 Å². The van der Waals surface area contributed by atoms with Crippen LogP contribution >= 0.6 is 0 Å². The van der Waals surface area contributed by atoms with Crippen molar-refractivity contribution in [1.82, 2.24) is 10.2 Å². The fraction of sp³-hybridized carbons (Fsp3) is 0.167. The highest BCUT2D eigenvalue weighted by Crippen LogP contribution is 2.23. The summed E-state index contributed by atoms with van der Waals surface area (Å²) in [6.07, 6.45) is -0.695. The normalized spacial score (nSPS) is 12.0. The van der Waals surface area contributed by atoms with E-state index < -0.39 is 12.1 Å². The maximum Gasteiger partial charge on any atom is 0.338 e. The molecule has 5 nitrogen and oxygen atoms in total. The minimum Gasteiger partial charge on any atom is -0.449 e. The van der Waals surface area contributed by atoms with E-state index in [0.717, 1.165) is 5.56 Å². The molecule has 3 aromatic rings. The van der Waals surface area contributed by atoms with Crippen LogP contribution in [0.3, 0.4) is 0 Å². The first-order chi connectivity index (χ1) is 11.5. The number of nitrogens with zero attached hydrogens (tertiary/aromatic N) is 2. The molecule has 0 bridgehead atoms. The Morgan fingerprint density at radius 2 is 1.92 bits per heavy atom. The van der Waals surface area contributed by atoms with Gasteiger partial charge in [0.25, 0.3) is 5.89 Å². The summed E-state index contributed by atoms with van der Waals surface area (Å²) >= 11 is 0. The summed E-state index contributed by atoms with van der Waals surface area (Å²) in [5.74, 6) is -0.398. The minimum atomic E-state index is -0.695. The van der Waals surface area contributed by atoms with Gasteiger partial charge in [0, 0.05) is 5.56 Å². The molecule has 24 heavy (non-hydrogen) atoms. The lowest BCUT2D eigenvalue weighted by atomic mass is 10.1. The fourth-order valence-corrected chi connectivity index (χ4v) is 2.16. The second-order valence-electron chi connectivity index (χ2n) is 5.37. The molecule has 0 unspecified atom stereocenters. The Balaban J connectivity index is 1.73. The Morgan fingerprint density at radius 1 is 1.17 bits per heavy atom. The van der Waals surface area contributed by atoms with E-state index in [1.165, 1.54) is 24.3 Å². The standard InChI is InChI=1S/C18H15FN2O3/c1-11-4-3-5-14(10-11)18(22)23-12(2)16-20-21-17(24-16)13-6-8-15(19)9-7-13/h3-10,12H,1-2H3/t12-/m1/s1. The van der Waals surface area contributed by atoms with Crippen LogP contribution in [-0.2, 0) is 4.74 Å². The van der Waals surface area contributed by atoms with E-state index in [1.807, 2.05) is 13.0 Å². The van der Waals surface area contributed by atoms with Crippen LogP contribution in [0.15, 0.2) is 52.9 Å². The summed E-state index contributed by atoms with van der Waals surface area (Å²) in [4.78, 5) is 12.1. The first-order valence-electron chi connectivity index (χ1n) is 7.40. The van der Waals surface area contributed by atoms with E-state index in [-0.39, 0.29) is 17.6 Å². The van der Waals surface area contributed by atoms with Gasteiger partial charge in [0.05, 0.1) is 5.56 Å². The van der Waals surface area contributed by atoms with Crippen molar-refractivity contribution < 1.29 is 18.3 Å². The number of aromatic nitrogens is 2. The highest BCUT2D eigenvalue weighted by atomic mass is 19.1. The summed E-state index contributed by atoms with van der Waals surface area (Å²) in [6.45, 7) is 3.54. The largest absolute Gasteiger partial charge is 0.449 e. The van der Waals surface area contributed by atoms with E-state index in [4.69, 9.17) is 9.15 Å². The van der Waals surface area contributed by atoms with Gasteiger partial charge in [-0.15, -0.1) is 10.2 Å². The lowest BCUT2D eigenvalue weighted by Gasteiger charge is -2.09. The molecule has 1 heterocycles. The molecule has 0 aliphatic carbocycles. The van der Waals surface area contributed by atoms with E-state index in [9.17, 15) is 9.18 Å². The van der Waals surface area contributed by atoms with Crippen molar-refractivity contribution in [1.29, 1.82) is 0 Å². The third-order valence-electron chi connectivity index (χ3n) is 3.42. The smallest absolute Gasteiger partial charge is 0.338 e. The average molecular weight is 326 g/mol. The van der Waals surface area contributed by atoms with Crippen molar-refractivity contribution in [2.45, 2.75) is 20.0 Å². The van der Waals surface area contributed by atoms with Crippen LogP contribution in [0.25, 0.3) is 11.5 Å². The molecule has 122 valence electrons. The molecule has 0 spiro atoms. The number of benzene rings is 2. The quantitative estimate of drug-likeness (QED) is 0.675. The molecular formula is C18H15FN2O3. The van der Waals surface area contributed by atoms with Gasteiger partial charge in [-0.05, 0) is 50.2 Å². The van der Waals surface area contributed by atoms with Gasteiger partial charge in [-0.25, -0.2) is 9.18 Å². The van der Waals surface area contributed by atoms with Gasteiger partial charge in [-0.1, -0.05) is 17.7 Å². The highest BCUT2D eigenvalue weighted by Gasteiger charge is 2.20. The van der Waals surface area contributed by atoms with Gasteiger partial charge < -0.3 is 9.15 Å². The first kappa shape index (κ1) is 15.9. The summed E-state index contributed by atoms with van der Waals surface area (Å²) in [7, 11) is 0. The zero-order valence-electron chi connectivity index (χ0n) is 13.2. The number of carbonyl (C=O) groups excluding carboxylic acids is 1. The molecular weight excluding hydrogens is 311 g/mol. The predicted octanol–water partition coefficient (Wildman–Crippen LogP) is 4.10. The second kappa shape index (κ2) is 6.62. The van der Waals surface area contributed by atoms with Crippen LogP contribution in [-0.4, -0.2) is 16.2 Å². The van der Waals surface area contributed by atoms with Crippen LogP contribution in [0.5, 0.6) is 0 Å². The number of hydrogen-bond donors (Lipinski definition) is 0. The molecule has 1 aromatic heterocycles. The summed E-state index contributed by atoms with van der Waals surface area (Å²) < 4.78 is 23.8. The molecule has 0 fully saturated rings. The lowest BCUT2D eigenvalue weighted by Crippen LogP contribution is -2.09. The van der Waals surface area contributed by atoms with Crippen LogP contribution < -0.4 is 0 Å². The van der Waals surface area contributed by atoms with Crippen molar-refractivity contribution >= 4 is 5.97 Å². The van der Waals surface area contributed by atoms with Crippen LogP contribution in [0.2, 0.25) is 0 Å². The maximum atomic E-state index is 12.9. The van der Waals surface area contributed by atoms with E-state index in [2.05, 4.69) is 10.2 Å². The van der Waals surface area contributed by atoms with E-state index in [1.54, 1.807) is 25.1 Å². The molecule has 0 radical (unpaired) electrons. The van der Waals surface area contributed by atoms with Gasteiger partial charge in [-0.2, -0.15) is 0 Å². The van der Waals surface area contributed by atoms with Crippen LogP contribution in [0, 0.1) is 12.7 Å². The third kappa shape index (κ3) is 3.48. The van der Waals surface area contributed by atoms with Crippen molar-refractivity contribution in [2.75, 3.05) is 0 Å². The highest BCUT2D eigenvalue weighted by molar-refractivity contribution is 5.89. The zero-order valence-corrected chi connectivity index (χ0v) is 13.2. The predicted molar refractivity (Wildman–Crippen MR) is 84.7 cm³/mol. The van der Waals surface area contributed by atoms with Crippen molar-refractivity contribution in [2.24, 2.45) is 0 Å². The molecule has 0 saturated heterocycles. The number of carbonyl (C=O) groups is 1. The third-order valence-corrected chi connectivity index (χ3v) is 3.42. The van der Waals surface area contributed by atoms with Crippen LogP contribution in [0.4, 0.5) is 4.39 Å². The monoisotopic (exact) mass is 326 g/mol. The van der Waals surface area contributed by atoms with Gasteiger partial charge in [0.1, 0.15) is 5.82 Å². The summed E-state index contributed by atoms with van der Waals surface area (Å²) in [5.41, 5.74) is 2.01. The molecule has 6 heteroatoms. The van der Waals surface area contributed by atoms with E-state index in [0.29, 0.717) is 11.1 Å². The minimum absolute atomic E-state index is 0.176. The molecule has 0 aliphatic heterocycles. The van der Waals surface area contributed by atoms with Crippen LogP contribution in [0.1, 0.15) is 34.8 Å². The fourth-order valence-electron chi connectivity index (χ4n) is 2.16. The van der Waals surface area contributed by atoms with Crippen molar-refractivity contribution in [3.8, 4) is 11.5 Å². The SMILES string of the molecule is Cc1cccc(C(=O)O[C@H](C)c2nnc(-c3ccc(F)cc3)o2)c1. The summed E-state index contributed by atoms with van der Waals surface area (Å²) in [6, 6.07) is 12.8. The lowest BCUT2D eigenvalue weighted by molar-refractivity contribution is 0.0280. The van der Waals surface area contributed by atoms with Gasteiger partial charge in [0.15, 0.2) is 6.10 Å². The molecule has 2 aromatic carbocycles. The number of halogens is 1. The van der Waals surface area contributed by atoms with Crippen molar-refractivity contribution in [3.63, 3.8) is 0 Å². The summed E-state index contributed by atoms with van der Waals surface area (Å²) in [5, 5.41) is 7.79. The number of rotatable bonds is 4. The molecule has 0 aliphatic rings. The Bertz CT molecular complexity index is 859. The Labute approximate surface area is 138 Å². The molecule has 0 saturated carbocycles. The van der Waals surface area contributed by atoms with Gasteiger partial charge in [-0.3, -0.25) is 0 Å². The molecule has 3 rings (SSSR count). The maximum absolute atomic E-state index is 12.9. The first-order valence-corrected chi connectivity index (χ1v) is 7.40. The average Bonchev–Trinajstić information content (AvgIpc) is 3.05. The van der Waals surface area contributed by atoms with Gasteiger partial charge >= 0.3 is 5.97 Å². The zero-order chi connectivity index (χ0) is 17.1. The molecule has 1 atom stereocenters. The Hall–Kier alpha value is -3.02. The Morgan fingerprint density at radius 3 is 2.62 bits per heavy atom. The number of esters is 1. The van der Waals surface area contributed by atoms with E-state index >= 15 is 0 Å². The Kier molecular flexibility index (Phi) is 4.37. The van der Waals surface area contributed by atoms with Crippen molar-refractivity contribution in [3.05, 3.63) is 71.4 Å². The number of aryl methyl sites for hydroxylation is 1. The molecule has 0 amide bonds. The second-order valence-corrected chi connectivity index (χ2v) is 5.37. The number of hydrogen-bond acceptors (Lipinski definition) is 5. The number of ether oxygens (including phenoxy) is 1. The molecule has 0 N–H and O–H groups in total. The van der Waals surface area contributed by atoms with Gasteiger partial charge in [0.2, 0.25) is 5.89 Å².